The van der Waals surface area contributed by atoms with Crippen LogP contribution in [0, 0.1) is 0 Å². The van der Waals surface area contributed by atoms with Gasteiger partial charge in [0.1, 0.15) is 0 Å². The first-order valence-corrected chi connectivity index (χ1v) is 12.1. The second-order valence-corrected chi connectivity index (χ2v) is 15.4. The SMILES string of the molecule is CCN(CC)P(Cl)(Cl)=N[Si](Cl)(Cl)Cl. The van der Waals surface area contributed by atoms with Crippen molar-refractivity contribution in [1.82, 2.24) is 4.67 Å². The second kappa shape index (κ2) is 5.81. The van der Waals surface area contributed by atoms with Crippen LogP contribution in [0.25, 0.3) is 0 Å². The fourth-order valence-corrected chi connectivity index (χ4v) is 11.4. The molecule has 0 aromatic rings. The summed E-state index contributed by atoms with van der Waals surface area (Å²) in [7, 11) is 0. The lowest BCUT2D eigenvalue weighted by molar-refractivity contribution is 0.514. The molecule has 0 amide bonds. The molecule has 0 unspecified atom stereocenters. The zero-order chi connectivity index (χ0) is 10.7. The fraction of sp³-hybridized carbons (Fsp3) is 1.00. The van der Waals surface area contributed by atoms with Crippen LogP contribution >= 0.6 is 61.6 Å². The van der Waals surface area contributed by atoms with Gasteiger partial charge in [0, 0.05) is 13.1 Å². The summed E-state index contributed by atoms with van der Waals surface area (Å²) < 4.78 is 5.68. The average Bonchev–Trinajstić information content (AvgIpc) is 1.83. The van der Waals surface area contributed by atoms with Crippen LogP contribution in [-0.2, 0) is 0 Å². The van der Waals surface area contributed by atoms with Crippen LogP contribution in [0.2, 0.25) is 0 Å². The Kier molecular flexibility index (Phi) is 6.64. The van der Waals surface area contributed by atoms with E-state index in [1.165, 1.54) is 0 Å². The first kappa shape index (κ1) is 14.9. The highest BCUT2D eigenvalue weighted by atomic mass is 35.9. The van der Waals surface area contributed by atoms with E-state index in [1.54, 1.807) is 4.67 Å². The molecule has 0 fully saturated rings. The van der Waals surface area contributed by atoms with Gasteiger partial charge in [0.25, 0.3) is 0 Å². The quantitative estimate of drug-likeness (QED) is 0.408. The molecule has 0 aromatic carbocycles. The molecule has 0 aliphatic carbocycles. The van der Waals surface area contributed by atoms with E-state index in [0.29, 0.717) is 13.1 Å². The molecule has 0 saturated carbocycles. The highest BCUT2D eigenvalue weighted by Gasteiger charge is 2.31. The third-order valence-corrected chi connectivity index (χ3v) is 9.10. The molecule has 0 saturated heterocycles. The van der Waals surface area contributed by atoms with Crippen LogP contribution in [0.4, 0.5) is 0 Å². The number of hydrogen-bond donors (Lipinski definition) is 0. The molecule has 0 heterocycles. The molecule has 0 spiro atoms. The van der Waals surface area contributed by atoms with E-state index in [9.17, 15) is 0 Å². The summed E-state index contributed by atoms with van der Waals surface area (Å²) in [6.07, 6.45) is -3.10. The Morgan fingerprint density at radius 3 is 1.77 bits per heavy atom. The van der Waals surface area contributed by atoms with Gasteiger partial charge in [-0.25, -0.2) is 4.67 Å². The van der Waals surface area contributed by atoms with E-state index in [1.807, 2.05) is 13.8 Å². The Balaban J connectivity index is 4.82. The third-order valence-electron chi connectivity index (χ3n) is 1.30. The van der Waals surface area contributed by atoms with Crippen molar-refractivity contribution in [2.45, 2.75) is 13.8 Å². The van der Waals surface area contributed by atoms with Crippen LogP contribution in [0.5, 0.6) is 0 Å². The van der Waals surface area contributed by atoms with E-state index in [0.717, 1.165) is 0 Å². The maximum Gasteiger partial charge on any atom is 0.474 e. The van der Waals surface area contributed by atoms with Gasteiger partial charge in [0.2, 0.25) is 0 Å². The Labute approximate surface area is 103 Å². The Hall–Kier alpha value is 1.86. The largest absolute Gasteiger partial charge is 0.474 e. The highest BCUT2D eigenvalue weighted by Crippen LogP contribution is 2.64. The zero-order valence-corrected chi connectivity index (χ0v) is 12.8. The van der Waals surface area contributed by atoms with Crippen molar-refractivity contribution in [3.8, 4) is 0 Å². The predicted molar refractivity (Wildman–Crippen MR) is 67.3 cm³/mol. The molecular weight excluding hydrogens is 312 g/mol. The maximum absolute atomic E-state index is 6.00. The van der Waals surface area contributed by atoms with E-state index < -0.39 is 12.1 Å². The summed E-state index contributed by atoms with van der Waals surface area (Å²) in [6, 6.07) is 0. The van der Waals surface area contributed by atoms with Gasteiger partial charge in [0.05, 0.1) is 0 Å². The lowest BCUT2D eigenvalue weighted by atomic mass is 10.7. The molecule has 0 aliphatic heterocycles. The first-order chi connectivity index (χ1) is 5.73. The Bertz CT molecular complexity index is 207. The van der Waals surface area contributed by atoms with Gasteiger partial charge in [-0.15, -0.1) is 33.2 Å². The fourth-order valence-electron chi connectivity index (χ4n) is 0.764. The van der Waals surface area contributed by atoms with Gasteiger partial charge >= 0.3 is 6.16 Å². The summed E-state index contributed by atoms with van der Waals surface area (Å²) >= 11 is 28.8. The lowest BCUT2D eigenvalue weighted by Gasteiger charge is -2.24. The average molecular weight is 322 g/mol. The van der Waals surface area contributed by atoms with Crippen LogP contribution in [0.3, 0.4) is 0 Å². The highest BCUT2D eigenvalue weighted by molar-refractivity contribution is 8.09. The van der Waals surface area contributed by atoms with Crippen molar-refractivity contribution in [2.75, 3.05) is 13.1 Å². The number of rotatable bonds is 4. The van der Waals surface area contributed by atoms with Crippen LogP contribution in [-0.4, -0.2) is 23.9 Å². The Morgan fingerprint density at radius 2 is 1.54 bits per heavy atom. The molecule has 0 aromatic heterocycles. The van der Waals surface area contributed by atoms with E-state index in [4.69, 9.17) is 55.7 Å². The molecule has 0 N–H and O–H groups in total. The van der Waals surface area contributed by atoms with Crippen molar-refractivity contribution in [3.05, 3.63) is 0 Å². The number of halogens is 5. The molecule has 80 valence electrons. The Morgan fingerprint density at radius 1 is 1.15 bits per heavy atom. The number of nitrogens with zero attached hydrogens (tertiary/aromatic N) is 2. The molecule has 13 heavy (non-hydrogen) atoms. The molecule has 0 bridgehead atoms. The normalized spacial score (nSPS) is 13.5. The van der Waals surface area contributed by atoms with Crippen LogP contribution in [0.15, 0.2) is 4.41 Å². The second-order valence-electron chi connectivity index (χ2n) is 2.16. The van der Waals surface area contributed by atoms with Crippen molar-refractivity contribution in [2.24, 2.45) is 4.41 Å². The van der Waals surface area contributed by atoms with Crippen LogP contribution in [0.1, 0.15) is 13.8 Å². The minimum absolute atomic E-state index is 0.690. The van der Waals surface area contributed by atoms with E-state index >= 15 is 0 Å². The van der Waals surface area contributed by atoms with Gasteiger partial charge in [-0.1, -0.05) is 13.8 Å². The van der Waals surface area contributed by atoms with Gasteiger partial charge in [0.15, 0.2) is 5.91 Å². The van der Waals surface area contributed by atoms with Crippen molar-refractivity contribution in [3.63, 3.8) is 0 Å². The maximum atomic E-state index is 6.00. The summed E-state index contributed by atoms with van der Waals surface area (Å²) in [5.41, 5.74) is 0. The van der Waals surface area contributed by atoms with E-state index in [-0.39, 0.29) is 0 Å². The summed E-state index contributed by atoms with van der Waals surface area (Å²) in [6.45, 7) is 5.24. The standard InChI is InChI=1S/C4H10Cl5N2PSi/c1-3-11(4-2)12(5,6)10-13(7,8)9/h3-4H2,1-2H3. The van der Waals surface area contributed by atoms with Crippen molar-refractivity contribution in [1.29, 1.82) is 0 Å². The molecular formula is C4H10Cl5N2PSi. The van der Waals surface area contributed by atoms with E-state index in [2.05, 4.69) is 4.41 Å². The molecule has 0 rings (SSSR count). The summed E-state index contributed by atoms with van der Waals surface area (Å²) in [5, 5.41) is 0. The lowest BCUT2D eigenvalue weighted by Crippen LogP contribution is -2.17. The monoisotopic (exact) mass is 320 g/mol. The first-order valence-electron chi connectivity index (χ1n) is 3.58. The number of hydrogen-bond acceptors (Lipinski definition) is 1. The summed E-state index contributed by atoms with van der Waals surface area (Å²) in [4.78, 5) is 0. The minimum Gasteiger partial charge on any atom is -0.252 e. The third kappa shape index (κ3) is 6.11. The van der Waals surface area contributed by atoms with Crippen molar-refractivity contribution >= 4 is 67.8 Å². The smallest absolute Gasteiger partial charge is 0.252 e. The van der Waals surface area contributed by atoms with Crippen LogP contribution < -0.4 is 0 Å². The van der Waals surface area contributed by atoms with Crippen molar-refractivity contribution < 1.29 is 0 Å². The minimum atomic E-state index is -3.10. The molecule has 2 nitrogen and oxygen atoms in total. The van der Waals surface area contributed by atoms with Gasteiger partial charge in [-0.3, -0.25) is 4.41 Å². The summed E-state index contributed by atoms with van der Waals surface area (Å²) in [5.74, 6) is -2.61. The van der Waals surface area contributed by atoms with Gasteiger partial charge in [-0.05, 0) is 22.5 Å². The molecule has 0 radical (unpaired) electrons. The zero-order valence-electron chi connectivity index (χ0n) is 7.15. The molecule has 9 heteroatoms. The molecule has 0 aliphatic rings. The topological polar surface area (TPSA) is 15.6 Å². The molecule has 0 atom stereocenters. The van der Waals surface area contributed by atoms with Gasteiger partial charge in [-0.2, -0.15) is 0 Å². The van der Waals surface area contributed by atoms with Gasteiger partial charge < -0.3 is 0 Å². The predicted octanol–water partition coefficient (Wildman–Crippen LogP) is 4.90.